The number of anilines is 2. The van der Waals surface area contributed by atoms with Crippen molar-refractivity contribution in [2.24, 2.45) is 0 Å². The lowest BCUT2D eigenvalue weighted by atomic mass is 10.0. The van der Waals surface area contributed by atoms with Crippen molar-refractivity contribution < 1.29 is 9.53 Å². The number of aromatic nitrogens is 2. The predicted molar refractivity (Wildman–Crippen MR) is 55.2 cm³/mol. The molecule has 0 saturated carbocycles. The minimum atomic E-state index is -0.739. The molecule has 2 heterocycles. The molecule has 1 aromatic heterocycles. The van der Waals surface area contributed by atoms with E-state index in [1.807, 2.05) is 0 Å². The third-order valence-corrected chi connectivity index (χ3v) is 2.61. The molecule has 0 aromatic carbocycles. The number of H-pyrrole nitrogens is 1. The molecular weight excluding hydrogens is 196 g/mol. The Kier molecular flexibility index (Phi) is 2.36. The maximum atomic E-state index is 11.8. The number of ether oxygens (including phenoxy) is 1. The molecule has 4 N–H and O–H groups in total. The summed E-state index contributed by atoms with van der Waals surface area (Å²) in [7, 11) is 0. The van der Waals surface area contributed by atoms with E-state index >= 15 is 0 Å². The van der Waals surface area contributed by atoms with E-state index in [0.29, 0.717) is 18.1 Å². The van der Waals surface area contributed by atoms with Gasteiger partial charge in [0, 0.05) is 6.61 Å². The zero-order chi connectivity index (χ0) is 10.9. The van der Waals surface area contributed by atoms with E-state index in [2.05, 4.69) is 15.5 Å². The fraction of sp³-hybridized carbons (Fsp3) is 0.556. The van der Waals surface area contributed by atoms with E-state index in [1.165, 1.54) is 6.20 Å². The molecule has 1 fully saturated rings. The second kappa shape index (κ2) is 3.54. The molecule has 0 bridgehead atoms. The smallest absolute Gasteiger partial charge is 0.257 e. The van der Waals surface area contributed by atoms with Crippen LogP contribution >= 0.6 is 0 Å². The van der Waals surface area contributed by atoms with Crippen molar-refractivity contribution in [3.05, 3.63) is 6.20 Å². The van der Waals surface area contributed by atoms with E-state index in [1.54, 1.807) is 6.92 Å². The van der Waals surface area contributed by atoms with Crippen molar-refractivity contribution in [3.8, 4) is 0 Å². The number of aromatic amines is 1. The fourth-order valence-electron chi connectivity index (χ4n) is 1.60. The highest BCUT2D eigenvalue weighted by Crippen LogP contribution is 2.27. The van der Waals surface area contributed by atoms with Crippen LogP contribution in [0, 0.1) is 0 Å². The molecule has 15 heavy (non-hydrogen) atoms. The number of carbonyl (C=O) groups is 1. The lowest BCUT2D eigenvalue weighted by Gasteiger charge is -2.21. The summed E-state index contributed by atoms with van der Waals surface area (Å²) in [6, 6.07) is 0. The Morgan fingerprint density at radius 2 is 2.60 bits per heavy atom. The summed E-state index contributed by atoms with van der Waals surface area (Å²) in [5.74, 6) is 0.243. The second-order valence-electron chi connectivity index (χ2n) is 3.84. The van der Waals surface area contributed by atoms with Crippen molar-refractivity contribution in [2.75, 3.05) is 17.7 Å². The van der Waals surface area contributed by atoms with Gasteiger partial charge in [-0.15, -0.1) is 0 Å². The van der Waals surface area contributed by atoms with Gasteiger partial charge in [-0.25, -0.2) is 0 Å². The standard InChI is InChI=1S/C9H14N4O2/c1-9(3-2-4-15-9)8(14)12-7-6(10)5-11-13-7/h5H,2-4,10H2,1H3,(H2,11,12,13,14). The maximum Gasteiger partial charge on any atom is 0.257 e. The molecule has 1 saturated heterocycles. The minimum absolute atomic E-state index is 0.184. The summed E-state index contributed by atoms with van der Waals surface area (Å²) >= 11 is 0. The maximum absolute atomic E-state index is 11.8. The summed E-state index contributed by atoms with van der Waals surface area (Å²) < 4.78 is 5.40. The Morgan fingerprint density at radius 3 is 3.13 bits per heavy atom. The Morgan fingerprint density at radius 1 is 1.80 bits per heavy atom. The molecule has 82 valence electrons. The van der Waals surface area contributed by atoms with Gasteiger partial charge in [0.2, 0.25) is 0 Å². The van der Waals surface area contributed by atoms with Gasteiger partial charge in [0.15, 0.2) is 5.82 Å². The van der Waals surface area contributed by atoms with Crippen LogP contribution in [0.2, 0.25) is 0 Å². The summed E-state index contributed by atoms with van der Waals surface area (Å²) in [4.78, 5) is 11.8. The summed E-state index contributed by atoms with van der Waals surface area (Å²) in [5, 5.41) is 9.00. The van der Waals surface area contributed by atoms with Gasteiger partial charge in [-0.3, -0.25) is 9.89 Å². The van der Waals surface area contributed by atoms with Gasteiger partial charge in [0.25, 0.3) is 5.91 Å². The van der Waals surface area contributed by atoms with E-state index in [4.69, 9.17) is 10.5 Å². The highest BCUT2D eigenvalue weighted by Gasteiger charge is 2.38. The van der Waals surface area contributed by atoms with Crippen molar-refractivity contribution in [3.63, 3.8) is 0 Å². The number of amides is 1. The number of nitrogens with one attached hydrogen (secondary N) is 2. The highest BCUT2D eigenvalue weighted by molar-refractivity contribution is 5.98. The van der Waals surface area contributed by atoms with Crippen LogP contribution in [0.4, 0.5) is 11.5 Å². The zero-order valence-corrected chi connectivity index (χ0v) is 8.54. The van der Waals surface area contributed by atoms with Gasteiger partial charge in [0.1, 0.15) is 5.60 Å². The van der Waals surface area contributed by atoms with Crippen molar-refractivity contribution in [2.45, 2.75) is 25.4 Å². The summed E-state index contributed by atoms with van der Waals surface area (Å²) in [5.41, 5.74) is 5.26. The quantitative estimate of drug-likeness (QED) is 0.662. The number of hydrogen-bond donors (Lipinski definition) is 3. The first kappa shape index (κ1) is 9.97. The normalized spacial score (nSPS) is 25.4. The number of nitrogens with two attached hydrogens (primary N) is 1. The second-order valence-corrected chi connectivity index (χ2v) is 3.84. The number of hydrogen-bond acceptors (Lipinski definition) is 4. The zero-order valence-electron chi connectivity index (χ0n) is 8.54. The average molecular weight is 210 g/mol. The topological polar surface area (TPSA) is 93.0 Å². The Labute approximate surface area is 87.2 Å². The van der Waals surface area contributed by atoms with Gasteiger partial charge >= 0.3 is 0 Å². The Balaban J connectivity index is 2.07. The third-order valence-electron chi connectivity index (χ3n) is 2.61. The molecule has 1 aliphatic rings. The number of carbonyl (C=O) groups excluding carboxylic acids is 1. The lowest BCUT2D eigenvalue weighted by molar-refractivity contribution is -0.133. The minimum Gasteiger partial charge on any atom is -0.394 e. The molecule has 0 radical (unpaired) electrons. The van der Waals surface area contributed by atoms with Crippen LogP contribution in [-0.2, 0) is 9.53 Å². The fourth-order valence-corrected chi connectivity index (χ4v) is 1.60. The van der Waals surface area contributed by atoms with Gasteiger partial charge < -0.3 is 15.8 Å². The molecule has 6 nitrogen and oxygen atoms in total. The molecule has 0 aliphatic carbocycles. The first-order valence-electron chi connectivity index (χ1n) is 4.86. The molecule has 0 spiro atoms. The first-order valence-corrected chi connectivity index (χ1v) is 4.86. The molecule has 1 atom stereocenters. The van der Waals surface area contributed by atoms with Gasteiger partial charge in [-0.2, -0.15) is 5.10 Å². The number of nitrogen functional groups attached to an aromatic ring is 1. The van der Waals surface area contributed by atoms with Crippen LogP contribution in [0.5, 0.6) is 0 Å². The number of rotatable bonds is 2. The van der Waals surface area contributed by atoms with Crippen LogP contribution in [0.15, 0.2) is 6.20 Å². The van der Waals surface area contributed by atoms with Crippen LogP contribution in [0.25, 0.3) is 0 Å². The summed E-state index contributed by atoms with van der Waals surface area (Å²) in [6.07, 6.45) is 3.09. The highest BCUT2D eigenvalue weighted by atomic mass is 16.5. The van der Waals surface area contributed by atoms with Crippen LogP contribution in [0.3, 0.4) is 0 Å². The third kappa shape index (κ3) is 1.80. The van der Waals surface area contributed by atoms with Gasteiger partial charge in [0.05, 0.1) is 11.9 Å². The van der Waals surface area contributed by atoms with Crippen molar-refractivity contribution >= 4 is 17.4 Å². The first-order chi connectivity index (χ1) is 7.12. The van der Waals surface area contributed by atoms with E-state index < -0.39 is 5.60 Å². The van der Waals surface area contributed by atoms with Crippen molar-refractivity contribution in [1.82, 2.24) is 10.2 Å². The molecule has 1 aliphatic heterocycles. The van der Waals surface area contributed by atoms with Crippen LogP contribution in [0.1, 0.15) is 19.8 Å². The monoisotopic (exact) mass is 210 g/mol. The predicted octanol–water partition coefficient (Wildman–Crippen LogP) is 0.499. The van der Waals surface area contributed by atoms with Crippen LogP contribution in [-0.4, -0.2) is 28.3 Å². The van der Waals surface area contributed by atoms with E-state index in [9.17, 15) is 4.79 Å². The Hall–Kier alpha value is -1.56. The summed E-state index contributed by atoms with van der Waals surface area (Å²) in [6.45, 7) is 2.41. The van der Waals surface area contributed by atoms with E-state index in [-0.39, 0.29) is 5.91 Å². The molecule has 2 rings (SSSR count). The molecule has 1 aromatic rings. The largest absolute Gasteiger partial charge is 0.394 e. The van der Waals surface area contributed by atoms with E-state index in [0.717, 1.165) is 12.8 Å². The lowest BCUT2D eigenvalue weighted by Crippen LogP contribution is -2.39. The number of nitrogens with zero attached hydrogens (tertiary/aromatic N) is 1. The van der Waals surface area contributed by atoms with Crippen molar-refractivity contribution in [1.29, 1.82) is 0 Å². The molecule has 1 amide bonds. The molecular formula is C9H14N4O2. The Bertz CT molecular complexity index is 368. The van der Waals surface area contributed by atoms with Gasteiger partial charge in [-0.05, 0) is 19.8 Å². The molecule has 6 heteroatoms. The SMILES string of the molecule is CC1(C(=O)Nc2[nH]ncc2N)CCCO1. The van der Waals surface area contributed by atoms with Gasteiger partial charge in [-0.1, -0.05) is 0 Å². The van der Waals surface area contributed by atoms with Crippen LogP contribution < -0.4 is 11.1 Å². The molecule has 1 unspecified atom stereocenters. The average Bonchev–Trinajstić information content (AvgIpc) is 2.78.